The monoisotopic (exact) mass is 687 g/mol. The van der Waals surface area contributed by atoms with E-state index in [4.69, 9.17) is 27.7 Å². The van der Waals surface area contributed by atoms with E-state index in [9.17, 15) is 9.60 Å². The number of rotatable bonds is 6. The molecule has 10 rings (SSSR count). The number of fused-ring (bicyclic) bond motifs is 6. The van der Waals surface area contributed by atoms with Crippen LogP contribution in [0.1, 0.15) is 32.9 Å². The zero-order chi connectivity index (χ0) is 55.3. The van der Waals surface area contributed by atoms with Gasteiger partial charge in [-0.05, 0) is 115 Å². The van der Waals surface area contributed by atoms with E-state index in [2.05, 4.69) is 0 Å². The summed E-state index contributed by atoms with van der Waals surface area (Å²) in [6.45, 7) is 0. The van der Waals surface area contributed by atoms with Crippen LogP contribution >= 0.6 is 0 Å². The van der Waals surface area contributed by atoms with Crippen LogP contribution < -0.4 is 4.90 Å². The van der Waals surface area contributed by atoms with Crippen LogP contribution in [0.2, 0.25) is 0 Å². The average Bonchev–Trinajstić information content (AvgIpc) is 3.83. The first kappa shape index (κ1) is 14.4. The molecule has 0 fully saturated rings. The summed E-state index contributed by atoms with van der Waals surface area (Å²) in [5, 5.41) is -1.12. The fraction of sp³-hybridized carbons (Fsp3) is 0. The lowest BCUT2D eigenvalue weighted by Gasteiger charge is -2.26. The van der Waals surface area contributed by atoms with Crippen LogP contribution in [0.3, 0.4) is 0 Å². The molecule has 0 saturated heterocycles. The quantitative estimate of drug-likeness (QED) is 0.173. The second kappa shape index (κ2) is 12.5. The molecule has 0 aliphatic heterocycles. The van der Waals surface area contributed by atoms with Crippen molar-refractivity contribution >= 4 is 60.5 Å². The Bertz CT molecular complexity index is 4230. The number of nitrogens with zero attached hydrogens (tertiary/aromatic N) is 1. The molecule has 52 heavy (non-hydrogen) atoms. The molecule has 0 atom stereocenters. The van der Waals surface area contributed by atoms with Crippen LogP contribution in [0.4, 0.5) is 17.1 Å². The largest absolute Gasteiger partial charge is 0.456 e. The van der Waals surface area contributed by atoms with E-state index in [-0.39, 0.29) is 83.2 Å². The second-order valence-corrected chi connectivity index (χ2v) is 11.5. The molecule has 2 nitrogen and oxygen atoms in total. The van der Waals surface area contributed by atoms with Crippen molar-refractivity contribution in [3.05, 3.63) is 200 Å². The smallest absolute Gasteiger partial charge is 0.136 e. The van der Waals surface area contributed by atoms with Crippen molar-refractivity contribution in [3.63, 3.8) is 0 Å². The average molecular weight is 688 g/mol. The second-order valence-electron chi connectivity index (χ2n) is 11.5. The Balaban J connectivity index is 1.24. The maximum atomic E-state index is 9.59. The van der Waals surface area contributed by atoms with E-state index >= 15 is 0 Å². The Labute approximate surface area is 336 Å². The summed E-state index contributed by atoms with van der Waals surface area (Å²) in [5.74, 6) is 0. The fourth-order valence-corrected chi connectivity index (χ4v) is 5.97. The molecule has 10 aromatic rings. The van der Waals surface area contributed by atoms with Gasteiger partial charge < -0.3 is 9.32 Å². The highest BCUT2D eigenvalue weighted by Gasteiger charge is 2.16. The van der Waals surface area contributed by atoms with Crippen LogP contribution in [0.15, 0.2) is 204 Å². The molecule has 0 aliphatic rings. The Morgan fingerprint density at radius 2 is 1.10 bits per heavy atom. The molecule has 0 radical (unpaired) electrons. The lowest BCUT2D eigenvalue weighted by molar-refractivity contribution is 0.669. The molecule has 1 heterocycles. The van der Waals surface area contributed by atoms with Crippen molar-refractivity contribution < 1.29 is 37.3 Å². The molecule has 0 aliphatic carbocycles. The standard InChI is InChI=1S/C50H33NO/c1-2-9-34(10-3-1)36-21-26-43(27-22-36)51(45-14-8-13-40(32-45)41-19-17-35-11-4-5-12-39(35)31-41)44-28-23-37(24-29-44)42-20-18-38-25-30-49-50(47(38)33-42)46-15-6-7-16-48(46)52-49/h1-33H/i1D,2D,3D,4D,5D,6D,7D,9D,10D,12D,15D,16D,17D,18D,19D,20D,21D,22D,25D,26D,27D,30D,31D,33D. The van der Waals surface area contributed by atoms with Gasteiger partial charge in [0.2, 0.25) is 0 Å². The predicted octanol–water partition coefficient (Wildman–Crippen LogP) is 14.4. The fourth-order valence-electron chi connectivity index (χ4n) is 5.97. The molecule has 9 aromatic carbocycles. The number of para-hydroxylation sites is 1. The highest BCUT2D eigenvalue weighted by atomic mass is 16.3. The number of hydrogen-bond donors (Lipinski definition) is 0. The minimum atomic E-state index is -0.810. The molecule has 0 spiro atoms. The molecule has 0 bridgehead atoms. The third-order valence-corrected chi connectivity index (χ3v) is 8.41. The first-order valence-corrected chi connectivity index (χ1v) is 15.8. The molecule has 1 aromatic heterocycles. The summed E-state index contributed by atoms with van der Waals surface area (Å²) in [5.41, 5.74) is -2.46. The van der Waals surface area contributed by atoms with Gasteiger partial charge in [0.15, 0.2) is 0 Å². The van der Waals surface area contributed by atoms with Crippen molar-refractivity contribution in [1.29, 1.82) is 0 Å². The van der Waals surface area contributed by atoms with Gasteiger partial charge in [0.05, 0.1) is 32.9 Å². The number of anilines is 3. The zero-order valence-electron chi connectivity index (χ0n) is 50.6. The van der Waals surface area contributed by atoms with Gasteiger partial charge in [0, 0.05) is 27.8 Å². The summed E-state index contributed by atoms with van der Waals surface area (Å²) in [4.78, 5) is 1.25. The Morgan fingerprint density at radius 1 is 0.385 bits per heavy atom. The maximum Gasteiger partial charge on any atom is 0.136 e. The van der Waals surface area contributed by atoms with Gasteiger partial charge in [0.25, 0.3) is 0 Å². The number of furan rings is 1. The Hall–Kier alpha value is -6.90. The normalized spacial score (nSPS) is 17.9. The highest BCUT2D eigenvalue weighted by Crippen LogP contribution is 2.40. The van der Waals surface area contributed by atoms with Crippen molar-refractivity contribution in [1.82, 2.24) is 0 Å². The highest BCUT2D eigenvalue weighted by molar-refractivity contribution is 6.19. The third-order valence-electron chi connectivity index (χ3n) is 8.41. The predicted molar refractivity (Wildman–Crippen MR) is 220 cm³/mol. The van der Waals surface area contributed by atoms with Gasteiger partial charge in [-0.3, -0.25) is 0 Å². The molecular formula is C50H33NO. The van der Waals surface area contributed by atoms with Crippen LogP contribution in [-0.4, -0.2) is 0 Å². The maximum absolute atomic E-state index is 9.59. The topological polar surface area (TPSA) is 16.4 Å². The molecule has 2 heteroatoms. The van der Waals surface area contributed by atoms with Crippen molar-refractivity contribution in [3.8, 4) is 33.4 Å². The summed E-state index contributed by atoms with van der Waals surface area (Å²) in [6, 6.07) is -2.50. The Morgan fingerprint density at radius 3 is 1.96 bits per heavy atom. The lowest BCUT2D eigenvalue weighted by atomic mass is 9.97. The van der Waals surface area contributed by atoms with Gasteiger partial charge in [-0.2, -0.15) is 0 Å². The minimum absolute atomic E-state index is 0.0373. The van der Waals surface area contributed by atoms with Gasteiger partial charge in [-0.15, -0.1) is 0 Å². The first-order chi connectivity index (χ1) is 35.8. The van der Waals surface area contributed by atoms with Gasteiger partial charge in [-0.1, -0.05) is 139 Å². The van der Waals surface area contributed by atoms with Gasteiger partial charge in [0.1, 0.15) is 11.2 Å². The summed E-state index contributed by atoms with van der Waals surface area (Å²) < 4.78 is 217. The minimum Gasteiger partial charge on any atom is -0.456 e. The third kappa shape index (κ3) is 5.30. The van der Waals surface area contributed by atoms with Crippen LogP contribution in [0.5, 0.6) is 0 Å². The Kier molecular flexibility index (Phi) is 3.44. The summed E-state index contributed by atoms with van der Waals surface area (Å²) in [6.07, 6.45) is 0. The van der Waals surface area contributed by atoms with E-state index < -0.39 is 156 Å². The van der Waals surface area contributed by atoms with E-state index in [0.29, 0.717) is 0 Å². The van der Waals surface area contributed by atoms with Crippen molar-refractivity contribution in [2.75, 3.05) is 4.90 Å². The first-order valence-electron chi connectivity index (χ1n) is 27.8. The SMILES string of the molecule is [2H]c1cc2c([2H])c([2H])c(-c3cccc(N(c4ccc(-c5c([2H])c([2H])c6c([2H])c([2H])c7oc8c([2H])c([2H])c([2H])c([2H])c8c7c6c5[2H])cc4)c4c([2H])c([2H])c(-c5c([2H])c([2H])c([2H])c([2H])c5[2H])c([2H])c4[2H])c3)c([2H])c2c([2H])c1[2H]. The molecule has 0 unspecified atom stereocenters. The van der Waals surface area contributed by atoms with Crippen molar-refractivity contribution in [2.45, 2.75) is 0 Å². The molecule has 0 saturated carbocycles. The summed E-state index contributed by atoms with van der Waals surface area (Å²) >= 11 is 0. The van der Waals surface area contributed by atoms with Gasteiger partial charge >= 0.3 is 0 Å². The van der Waals surface area contributed by atoms with Crippen LogP contribution in [0.25, 0.3) is 76.9 Å². The molecular weight excluding hydrogens is 631 g/mol. The zero-order valence-corrected chi connectivity index (χ0v) is 26.6. The van der Waals surface area contributed by atoms with Crippen LogP contribution in [0, 0.1) is 0 Å². The van der Waals surface area contributed by atoms with Crippen molar-refractivity contribution in [2.24, 2.45) is 0 Å². The number of benzene rings is 9. The molecule has 0 N–H and O–H groups in total. The van der Waals surface area contributed by atoms with E-state index in [1.165, 1.54) is 53.4 Å². The summed E-state index contributed by atoms with van der Waals surface area (Å²) in [7, 11) is 0. The number of hydrogen-bond acceptors (Lipinski definition) is 2. The van der Waals surface area contributed by atoms with E-state index in [1.807, 2.05) is 0 Å². The molecule has 244 valence electrons. The van der Waals surface area contributed by atoms with E-state index in [1.54, 1.807) is 0 Å². The lowest BCUT2D eigenvalue weighted by Crippen LogP contribution is -2.10. The van der Waals surface area contributed by atoms with E-state index in [0.717, 1.165) is 6.07 Å². The molecule has 0 amide bonds. The van der Waals surface area contributed by atoms with Gasteiger partial charge in [-0.25, -0.2) is 0 Å². The van der Waals surface area contributed by atoms with Crippen LogP contribution in [-0.2, 0) is 0 Å².